The fraction of sp³-hybridized carbons (Fsp3) is 0.400. The van der Waals surface area contributed by atoms with Crippen molar-refractivity contribution in [2.24, 2.45) is 5.73 Å². The Morgan fingerprint density at radius 2 is 2.36 bits per heavy atom. The van der Waals surface area contributed by atoms with Gasteiger partial charge in [0.25, 0.3) is 0 Å². The molecule has 2 heterocycles. The van der Waals surface area contributed by atoms with Crippen LogP contribution in [-0.2, 0) is 4.79 Å². The fourth-order valence-corrected chi connectivity index (χ4v) is 1.60. The van der Waals surface area contributed by atoms with Crippen LogP contribution in [0.25, 0.3) is 0 Å². The first-order chi connectivity index (χ1) is 6.66. The largest absolute Gasteiger partial charge is 0.326 e. The summed E-state index contributed by atoms with van der Waals surface area (Å²) in [5.41, 5.74) is 7.49. The van der Waals surface area contributed by atoms with Gasteiger partial charge in [0.1, 0.15) is 0 Å². The summed E-state index contributed by atoms with van der Waals surface area (Å²) in [6.07, 6.45) is 2.15. The number of carbonyl (C=O) groups excluding carboxylic acids is 1. The highest BCUT2D eigenvalue weighted by Gasteiger charge is 2.27. The van der Waals surface area contributed by atoms with E-state index in [2.05, 4.69) is 4.98 Å². The summed E-state index contributed by atoms with van der Waals surface area (Å²) >= 11 is 0. The highest BCUT2D eigenvalue weighted by Crippen LogP contribution is 2.19. The van der Waals surface area contributed by atoms with E-state index in [1.54, 1.807) is 11.1 Å². The van der Waals surface area contributed by atoms with Crippen LogP contribution in [-0.4, -0.2) is 23.5 Å². The van der Waals surface area contributed by atoms with Gasteiger partial charge in [0.2, 0.25) is 5.91 Å². The summed E-state index contributed by atoms with van der Waals surface area (Å²) in [4.78, 5) is 17.3. The second-order valence-corrected chi connectivity index (χ2v) is 3.63. The number of anilines is 1. The van der Waals surface area contributed by atoms with E-state index >= 15 is 0 Å². The van der Waals surface area contributed by atoms with Crippen molar-refractivity contribution in [3.8, 4) is 0 Å². The lowest BCUT2D eigenvalue weighted by atomic mass is 10.3. The van der Waals surface area contributed by atoms with Crippen LogP contribution in [0.3, 0.4) is 0 Å². The Bertz CT molecular complexity index is 347. The van der Waals surface area contributed by atoms with E-state index in [1.165, 1.54) is 0 Å². The average Bonchev–Trinajstić information content (AvgIpc) is 2.47. The second-order valence-electron chi connectivity index (χ2n) is 3.63. The summed E-state index contributed by atoms with van der Waals surface area (Å²) in [5, 5.41) is 0. The third-order valence-corrected chi connectivity index (χ3v) is 2.36. The summed E-state index contributed by atoms with van der Waals surface area (Å²) in [6.45, 7) is 2.52. The van der Waals surface area contributed by atoms with Crippen molar-refractivity contribution in [3.63, 3.8) is 0 Å². The topological polar surface area (TPSA) is 59.2 Å². The van der Waals surface area contributed by atoms with Crippen LogP contribution in [0.2, 0.25) is 0 Å². The molecule has 14 heavy (non-hydrogen) atoms. The molecule has 4 nitrogen and oxygen atoms in total. The van der Waals surface area contributed by atoms with Crippen LogP contribution in [0, 0.1) is 6.92 Å². The number of carbonyl (C=O) groups is 1. The number of nitrogens with two attached hydrogens (primary N) is 1. The Kier molecular flexibility index (Phi) is 2.21. The highest BCUT2D eigenvalue weighted by molar-refractivity contribution is 5.96. The fourth-order valence-electron chi connectivity index (χ4n) is 1.60. The van der Waals surface area contributed by atoms with Crippen molar-refractivity contribution in [1.82, 2.24) is 4.98 Å². The van der Waals surface area contributed by atoms with E-state index in [0.29, 0.717) is 13.0 Å². The number of pyridine rings is 1. The van der Waals surface area contributed by atoms with Crippen LogP contribution >= 0.6 is 0 Å². The maximum atomic E-state index is 11.5. The van der Waals surface area contributed by atoms with Gasteiger partial charge in [-0.1, -0.05) is 0 Å². The van der Waals surface area contributed by atoms with Crippen LogP contribution in [0.15, 0.2) is 18.3 Å². The monoisotopic (exact) mass is 191 g/mol. The molecule has 1 amide bonds. The van der Waals surface area contributed by atoms with Gasteiger partial charge in [0.15, 0.2) is 0 Å². The zero-order chi connectivity index (χ0) is 10.1. The lowest BCUT2D eigenvalue weighted by Crippen LogP contribution is -2.27. The maximum absolute atomic E-state index is 11.5. The van der Waals surface area contributed by atoms with E-state index in [9.17, 15) is 4.79 Å². The van der Waals surface area contributed by atoms with Crippen molar-refractivity contribution in [3.05, 3.63) is 24.0 Å². The molecule has 1 unspecified atom stereocenters. The molecule has 1 atom stereocenters. The standard InChI is InChI=1S/C10H13N3O/c1-7-2-3-9(5-12-7)13-6-8(11)4-10(13)14/h2-3,5,8H,4,6,11H2,1H3. The number of rotatable bonds is 1. The first kappa shape index (κ1) is 9.15. The molecule has 0 aromatic carbocycles. The van der Waals surface area contributed by atoms with E-state index < -0.39 is 0 Å². The number of hydrogen-bond acceptors (Lipinski definition) is 3. The smallest absolute Gasteiger partial charge is 0.228 e. The van der Waals surface area contributed by atoms with Gasteiger partial charge in [-0.3, -0.25) is 9.78 Å². The van der Waals surface area contributed by atoms with Gasteiger partial charge in [0, 0.05) is 24.7 Å². The van der Waals surface area contributed by atoms with Gasteiger partial charge in [-0.15, -0.1) is 0 Å². The molecule has 0 spiro atoms. The Balaban J connectivity index is 2.23. The summed E-state index contributed by atoms with van der Waals surface area (Å²) in [6, 6.07) is 3.76. The van der Waals surface area contributed by atoms with Crippen LogP contribution in [0.5, 0.6) is 0 Å². The van der Waals surface area contributed by atoms with Gasteiger partial charge in [-0.05, 0) is 19.1 Å². The SMILES string of the molecule is Cc1ccc(N2CC(N)CC2=O)cn1. The molecule has 2 rings (SSSR count). The number of hydrogen-bond donors (Lipinski definition) is 1. The van der Waals surface area contributed by atoms with Gasteiger partial charge in [0.05, 0.1) is 11.9 Å². The summed E-state index contributed by atoms with van der Waals surface area (Å²) in [5.74, 6) is 0.0863. The molecule has 1 saturated heterocycles. The minimum absolute atomic E-state index is 0.0381. The molecule has 0 saturated carbocycles. The van der Waals surface area contributed by atoms with Crippen molar-refractivity contribution >= 4 is 11.6 Å². The number of nitrogens with zero attached hydrogens (tertiary/aromatic N) is 2. The van der Waals surface area contributed by atoms with E-state index in [0.717, 1.165) is 11.4 Å². The minimum atomic E-state index is -0.0381. The molecule has 2 N–H and O–H groups in total. The molecular weight excluding hydrogens is 178 g/mol. The lowest BCUT2D eigenvalue weighted by Gasteiger charge is -2.15. The third kappa shape index (κ3) is 1.61. The van der Waals surface area contributed by atoms with E-state index in [4.69, 9.17) is 5.73 Å². The highest BCUT2D eigenvalue weighted by atomic mass is 16.2. The van der Waals surface area contributed by atoms with Crippen molar-refractivity contribution in [1.29, 1.82) is 0 Å². The maximum Gasteiger partial charge on any atom is 0.228 e. The van der Waals surface area contributed by atoms with Gasteiger partial charge in [-0.2, -0.15) is 0 Å². The Labute approximate surface area is 82.7 Å². The molecule has 1 aliphatic heterocycles. The first-order valence-corrected chi connectivity index (χ1v) is 4.65. The molecule has 4 heteroatoms. The van der Waals surface area contributed by atoms with Crippen molar-refractivity contribution < 1.29 is 4.79 Å². The minimum Gasteiger partial charge on any atom is -0.326 e. The zero-order valence-corrected chi connectivity index (χ0v) is 8.10. The van der Waals surface area contributed by atoms with E-state index in [-0.39, 0.29) is 11.9 Å². The summed E-state index contributed by atoms with van der Waals surface area (Å²) in [7, 11) is 0. The lowest BCUT2D eigenvalue weighted by molar-refractivity contribution is -0.117. The molecule has 1 aliphatic rings. The molecule has 0 radical (unpaired) electrons. The molecule has 1 aromatic heterocycles. The Morgan fingerprint density at radius 3 is 2.86 bits per heavy atom. The normalized spacial score (nSPS) is 21.7. The van der Waals surface area contributed by atoms with Crippen molar-refractivity contribution in [2.45, 2.75) is 19.4 Å². The number of amides is 1. The van der Waals surface area contributed by atoms with Gasteiger partial charge >= 0.3 is 0 Å². The van der Waals surface area contributed by atoms with Crippen molar-refractivity contribution in [2.75, 3.05) is 11.4 Å². The number of aryl methyl sites for hydroxylation is 1. The molecule has 1 fully saturated rings. The van der Waals surface area contributed by atoms with E-state index in [1.807, 2.05) is 19.1 Å². The molecule has 0 aliphatic carbocycles. The molecule has 1 aromatic rings. The predicted molar refractivity (Wildman–Crippen MR) is 53.9 cm³/mol. The Hall–Kier alpha value is -1.42. The number of aromatic nitrogens is 1. The molecular formula is C10H13N3O. The third-order valence-electron chi connectivity index (χ3n) is 2.36. The first-order valence-electron chi connectivity index (χ1n) is 4.65. The second kappa shape index (κ2) is 3.38. The van der Waals surface area contributed by atoms with Crippen LogP contribution in [0.4, 0.5) is 5.69 Å². The quantitative estimate of drug-likeness (QED) is 0.701. The zero-order valence-electron chi connectivity index (χ0n) is 8.10. The van der Waals surface area contributed by atoms with Gasteiger partial charge in [-0.25, -0.2) is 0 Å². The van der Waals surface area contributed by atoms with Crippen LogP contribution < -0.4 is 10.6 Å². The average molecular weight is 191 g/mol. The molecule has 74 valence electrons. The van der Waals surface area contributed by atoms with Crippen LogP contribution in [0.1, 0.15) is 12.1 Å². The Morgan fingerprint density at radius 1 is 1.57 bits per heavy atom. The van der Waals surface area contributed by atoms with Gasteiger partial charge < -0.3 is 10.6 Å². The molecule has 0 bridgehead atoms. The summed E-state index contributed by atoms with van der Waals surface area (Å²) < 4.78 is 0. The predicted octanol–water partition coefficient (Wildman–Crippen LogP) is 0.454.